The Hall–Kier alpha value is -2.62. The monoisotopic (exact) mass is 454 g/mol. The van der Waals surface area contributed by atoms with Crippen molar-refractivity contribution >= 4 is 13.8 Å². The van der Waals surface area contributed by atoms with E-state index in [-0.39, 0.29) is 0 Å². The minimum Gasteiger partial charge on any atom is -0.362 e. The molecule has 0 bridgehead atoms. The Morgan fingerprint density at radius 1 is 0.727 bits per heavy atom. The van der Waals surface area contributed by atoms with Crippen LogP contribution in [0.2, 0.25) is 19.6 Å². The summed E-state index contributed by atoms with van der Waals surface area (Å²) in [4.78, 5) is 5.40. The van der Waals surface area contributed by atoms with E-state index in [4.69, 9.17) is 0 Å². The van der Waals surface area contributed by atoms with Crippen LogP contribution in [0.3, 0.4) is 0 Å². The second-order valence-corrected chi connectivity index (χ2v) is 15.5. The predicted molar refractivity (Wildman–Crippen MR) is 145 cm³/mol. The Bertz CT molecular complexity index is 996. The summed E-state index contributed by atoms with van der Waals surface area (Å²) in [6.45, 7) is 10.4. The number of anilines is 1. The van der Waals surface area contributed by atoms with Crippen LogP contribution >= 0.6 is 0 Å². The second kappa shape index (κ2) is 11.0. The van der Waals surface area contributed by atoms with Gasteiger partial charge in [0.2, 0.25) is 0 Å². The van der Waals surface area contributed by atoms with E-state index in [1.807, 2.05) is 0 Å². The third-order valence-electron chi connectivity index (χ3n) is 6.37. The average Bonchev–Trinajstić information content (AvgIpc) is 2.80. The molecule has 1 aliphatic heterocycles. The summed E-state index contributed by atoms with van der Waals surface area (Å²) in [5.41, 5.74) is 6.68. The number of hydrogen-bond acceptors (Lipinski definition) is 2. The third kappa shape index (κ3) is 6.93. The van der Waals surface area contributed by atoms with Crippen molar-refractivity contribution in [1.29, 1.82) is 0 Å². The quantitative estimate of drug-likeness (QED) is 0.345. The number of nitrogens with zero attached hydrogens (tertiary/aromatic N) is 2. The molecular formula is C30H38N2Si. The van der Waals surface area contributed by atoms with Crippen LogP contribution in [-0.2, 0) is 13.0 Å². The smallest absolute Gasteiger partial charge is 0.0682 e. The number of piperazine rings is 1. The van der Waals surface area contributed by atoms with Crippen molar-refractivity contribution in [3.8, 4) is 0 Å². The maximum atomic E-state index is 2.73. The van der Waals surface area contributed by atoms with E-state index in [9.17, 15) is 0 Å². The molecule has 0 unspecified atom stereocenters. The number of benzene rings is 3. The van der Waals surface area contributed by atoms with Gasteiger partial charge in [0.1, 0.15) is 0 Å². The van der Waals surface area contributed by atoms with Crippen molar-refractivity contribution in [3.05, 3.63) is 114 Å². The standard InChI is InChI=1S/C30H38N2Si/c1-33(2,3)21-13-20-29-24-31(23-27-16-9-5-10-17-27)25-30(22-26-14-7-4-8-15-26)32(29)28-18-11-6-12-19-28/h4-19,21,29-30H,20,22-25H2,1-3H3/b21-13+/t29-,30+/m1/s1. The average molecular weight is 455 g/mol. The highest BCUT2D eigenvalue weighted by molar-refractivity contribution is 6.80. The molecule has 4 rings (SSSR count). The lowest BCUT2D eigenvalue weighted by Gasteiger charge is -2.48. The van der Waals surface area contributed by atoms with Crippen LogP contribution < -0.4 is 4.90 Å². The Labute approximate surface area is 201 Å². The molecule has 0 spiro atoms. The van der Waals surface area contributed by atoms with Crippen LogP contribution in [0.25, 0.3) is 0 Å². The number of hydrogen-bond donors (Lipinski definition) is 0. The first-order valence-electron chi connectivity index (χ1n) is 12.3. The molecule has 0 amide bonds. The highest BCUT2D eigenvalue weighted by atomic mass is 28.3. The van der Waals surface area contributed by atoms with Crippen LogP contribution in [0.4, 0.5) is 5.69 Å². The molecule has 2 nitrogen and oxygen atoms in total. The zero-order valence-electron chi connectivity index (χ0n) is 20.4. The first kappa shape index (κ1) is 23.5. The van der Waals surface area contributed by atoms with Gasteiger partial charge in [0.25, 0.3) is 0 Å². The Morgan fingerprint density at radius 3 is 1.88 bits per heavy atom. The van der Waals surface area contributed by atoms with E-state index in [1.54, 1.807) is 0 Å². The van der Waals surface area contributed by atoms with Gasteiger partial charge >= 0.3 is 0 Å². The second-order valence-electron chi connectivity index (χ2n) is 10.4. The molecular weight excluding hydrogens is 416 g/mol. The first-order valence-corrected chi connectivity index (χ1v) is 15.9. The fourth-order valence-corrected chi connectivity index (χ4v) is 5.80. The minimum absolute atomic E-state index is 0.442. The molecule has 1 fully saturated rings. The number of rotatable bonds is 8. The molecule has 3 heteroatoms. The molecule has 2 atom stereocenters. The molecule has 0 radical (unpaired) electrons. The Kier molecular flexibility index (Phi) is 7.84. The van der Waals surface area contributed by atoms with Gasteiger partial charge in [-0.1, -0.05) is 110 Å². The molecule has 3 aromatic rings. The summed E-state index contributed by atoms with van der Waals surface area (Å²) in [7, 11) is -1.21. The summed E-state index contributed by atoms with van der Waals surface area (Å²) in [6.07, 6.45) is 4.63. The van der Waals surface area contributed by atoms with Crippen molar-refractivity contribution in [2.24, 2.45) is 0 Å². The van der Waals surface area contributed by atoms with Crippen molar-refractivity contribution in [3.63, 3.8) is 0 Å². The van der Waals surface area contributed by atoms with E-state index >= 15 is 0 Å². The fourth-order valence-electron chi connectivity index (χ4n) is 4.95. The maximum absolute atomic E-state index is 2.73. The summed E-state index contributed by atoms with van der Waals surface area (Å²) in [5.74, 6) is 0. The molecule has 0 aromatic heterocycles. The van der Waals surface area contributed by atoms with E-state index in [1.165, 1.54) is 16.8 Å². The van der Waals surface area contributed by atoms with Crippen LogP contribution in [0, 0.1) is 0 Å². The zero-order valence-corrected chi connectivity index (χ0v) is 21.4. The first-order chi connectivity index (χ1) is 16.0. The molecule has 1 heterocycles. The third-order valence-corrected chi connectivity index (χ3v) is 7.60. The Balaban J connectivity index is 1.64. The lowest BCUT2D eigenvalue weighted by atomic mass is 9.96. The van der Waals surface area contributed by atoms with E-state index in [0.717, 1.165) is 32.5 Å². The van der Waals surface area contributed by atoms with Gasteiger partial charge in [-0.25, -0.2) is 0 Å². The molecule has 33 heavy (non-hydrogen) atoms. The van der Waals surface area contributed by atoms with Crippen molar-refractivity contribution in [2.75, 3.05) is 18.0 Å². The van der Waals surface area contributed by atoms with Gasteiger partial charge in [-0.05, 0) is 36.1 Å². The van der Waals surface area contributed by atoms with Gasteiger partial charge in [0.05, 0.1) is 8.07 Å². The van der Waals surface area contributed by atoms with Gasteiger partial charge in [0, 0.05) is 37.4 Å². The summed E-state index contributed by atoms with van der Waals surface area (Å²) in [6, 6.07) is 33.9. The molecule has 3 aromatic carbocycles. The van der Waals surface area contributed by atoms with Crippen molar-refractivity contribution in [2.45, 2.75) is 51.1 Å². The Morgan fingerprint density at radius 2 is 1.27 bits per heavy atom. The SMILES string of the molecule is C[Si](C)(C)/C=C/C[C@@H]1CN(Cc2ccccc2)C[C@H](Cc2ccccc2)N1c1ccccc1. The van der Waals surface area contributed by atoms with E-state index in [2.05, 4.69) is 132 Å². The highest BCUT2D eigenvalue weighted by Gasteiger charge is 2.34. The maximum Gasteiger partial charge on any atom is 0.0682 e. The van der Waals surface area contributed by atoms with Crippen molar-refractivity contribution < 1.29 is 0 Å². The van der Waals surface area contributed by atoms with Gasteiger partial charge in [-0.3, -0.25) is 4.90 Å². The van der Waals surface area contributed by atoms with Crippen LogP contribution in [0.5, 0.6) is 0 Å². The highest BCUT2D eigenvalue weighted by Crippen LogP contribution is 2.29. The molecule has 1 saturated heterocycles. The fraction of sp³-hybridized carbons (Fsp3) is 0.333. The van der Waals surface area contributed by atoms with Gasteiger partial charge < -0.3 is 4.90 Å². The lowest BCUT2D eigenvalue weighted by Crippen LogP contribution is -2.59. The summed E-state index contributed by atoms with van der Waals surface area (Å²) >= 11 is 0. The molecule has 0 saturated carbocycles. The van der Waals surface area contributed by atoms with E-state index in [0.29, 0.717) is 12.1 Å². The molecule has 0 aliphatic carbocycles. The van der Waals surface area contributed by atoms with Gasteiger partial charge in [-0.2, -0.15) is 0 Å². The van der Waals surface area contributed by atoms with Crippen molar-refractivity contribution in [1.82, 2.24) is 4.90 Å². The molecule has 1 aliphatic rings. The largest absolute Gasteiger partial charge is 0.362 e. The normalized spacial score (nSPS) is 19.8. The zero-order chi connectivity index (χ0) is 23.1. The van der Waals surface area contributed by atoms with Crippen LogP contribution in [0.1, 0.15) is 17.5 Å². The summed E-state index contributed by atoms with van der Waals surface area (Å²) < 4.78 is 0. The minimum atomic E-state index is -1.21. The predicted octanol–water partition coefficient (Wildman–Crippen LogP) is 6.81. The molecule has 0 N–H and O–H groups in total. The van der Waals surface area contributed by atoms with Crippen LogP contribution in [-0.4, -0.2) is 38.1 Å². The van der Waals surface area contributed by atoms with E-state index < -0.39 is 8.07 Å². The topological polar surface area (TPSA) is 6.48 Å². The van der Waals surface area contributed by atoms with Crippen LogP contribution in [0.15, 0.2) is 103 Å². The lowest BCUT2D eigenvalue weighted by molar-refractivity contribution is 0.180. The van der Waals surface area contributed by atoms with Gasteiger partial charge in [0.15, 0.2) is 0 Å². The number of para-hydroxylation sites is 1. The summed E-state index contributed by atoms with van der Waals surface area (Å²) in [5, 5.41) is 0. The molecule has 172 valence electrons. The van der Waals surface area contributed by atoms with Gasteiger partial charge in [-0.15, -0.1) is 0 Å².